The van der Waals surface area contributed by atoms with Crippen molar-refractivity contribution in [2.24, 2.45) is 0 Å². The Morgan fingerprint density at radius 3 is 2.56 bits per heavy atom. The summed E-state index contributed by atoms with van der Waals surface area (Å²) in [6.07, 6.45) is 3.38. The van der Waals surface area contributed by atoms with Crippen molar-refractivity contribution >= 4 is 45.6 Å². The van der Waals surface area contributed by atoms with Crippen LogP contribution in [0, 0.1) is 0 Å². The Balaban J connectivity index is 3.31. The zero-order chi connectivity index (χ0) is 12.4. The van der Waals surface area contributed by atoms with Crippen molar-refractivity contribution in [3.63, 3.8) is 0 Å². The van der Waals surface area contributed by atoms with Gasteiger partial charge in [0.25, 0.3) is 0 Å². The Hall–Kier alpha value is 0.0464. The molecule has 0 bridgehead atoms. The summed E-state index contributed by atoms with van der Waals surface area (Å²) in [6.45, 7) is 5.90. The second kappa shape index (κ2) is 10.2. The molecule has 1 radical (unpaired) electrons. The van der Waals surface area contributed by atoms with Gasteiger partial charge in [0.05, 0.1) is 0 Å². The average Bonchev–Trinajstić information content (AvgIpc) is 2.23. The van der Waals surface area contributed by atoms with Crippen molar-refractivity contribution in [3.05, 3.63) is 12.2 Å². The molecule has 4 nitrogen and oxygen atoms in total. The maximum absolute atomic E-state index is 11.1. The van der Waals surface area contributed by atoms with E-state index in [1.54, 1.807) is 6.92 Å². The van der Waals surface area contributed by atoms with E-state index < -0.39 is 14.1 Å². The standard InChI is InChI=1S/C10H18N2O2.Ga.HI/c1-8(2)10(14)12-7-5-3-4-6-9(11)13;;/h1,3-7H2,2H3,(H3,11,12,13,14);;1H/q;+2;/p-2. The monoisotopic (exact) mass is 393 g/mol. The summed E-state index contributed by atoms with van der Waals surface area (Å²) in [5, 5.41) is 2.76. The van der Waals surface area contributed by atoms with Crippen LogP contribution in [0.1, 0.15) is 32.6 Å². The number of hydrogen-bond donors (Lipinski definition) is 2. The molecule has 0 rings (SSSR count). The zero-order valence-electron chi connectivity index (χ0n) is 9.51. The van der Waals surface area contributed by atoms with Gasteiger partial charge >= 0.3 is 116 Å². The zero-order valence-corrected chi connectivity index (χ0v) is 14.1. The number of halogens is 1. The van der Waals surface area contributed by atoms with Gasteiger partial charge in [-0.1, -0.05) is 0 Å². The summed E-state index contributed by atoms with van der Waals surface area (Å²) in [4.78, 5) is 22.2. The molecule has 16 heavy (non-hydrogen) atoms. The first-order valence-electron chi connectivity index (χ1n) is 5.23. The minimum atomic E-state index is -0.525. The summed E-state index contributed by atoms with van der Waals surface area (Å²) in [7, 11) is 0. The van der Waals surface area contributed by atoms with Crippen LogP contribution in [0.2, 0.25) is 0 Å². The third kappa shape index (κ3) is 9.29. The quantitative estimate of drug-likeness (QED) is 0.283. The van der Waals surface area contributed by atoms with Crippen LogP contribution >= 0.6 is 19.7 Å². The molecule has 0 fully saturated rings. The van der Waals surface area contributed by atoms with E-state index in [1.165, 1.54) is 0 Å². The van der Waals surface area contributed by atoms with Gasteiger partial charge in [-0.2, -0.15) is 0 Å². The normalized spacial score (nSPS) is 9.38. The number of amides is 2. The first kappa shape index (κ1) is 16.0. The Labute approximate surface area is 115 Å². The summed E-state index contributed by atoms with van der Waals surface area (Å²) in [5.74, 6) is 0.0785. The molecule has 0 unspecified atom stereocenters. The van der Waals surface area contributed by atoms with E-state index in [0.29, 0.717) is 18.5 Å². The molecule has 6 heteroatoms. The summed E-state index contributed by atoms with van der Waals surface area (Å²) >= 11 is 1.73. The Morgan fingerprint density at radius 1 is 1.31 bits per heavy atom. The van der Waals surface area contributed by atoms with Crippen LogP contribution in [0.25, 0.3) is 0 Å². The van der Waals surface area contributed by atoms with Gasteiger partial charge < -0.3 is 0 Å². The predicted octanol–water partition coefficient (Wildman–Crippen LogP) is 1.32. The predicted molar refractivity (Wildman–Crippen MR) is 74.2 cm³/mol. The van der Waals surface area contributed by atoms with E-state index in [0.717, 1.165) is 19.3 Å². The summed E-state index contributed by atoms with van der Waals surface area (Å²) in [6, 6.07) is 0. The van der Waals surface area contributed by atoms with E-state index in [-0.39, 0.29) is 11.8 Å². The molecule has 0 aromatic heterocycles. The van der Waals surface area contributed by atoms with Gasteiger partial charge in [-0.15, -0.1) is 0 Å². The van der Waals surface area contributed by atoms with Crippen LogP contribution < -0.4 is 9.34 Å². The molecule has 0 aromatic rings. The van der Waals surface area contributed by atoms with Gasteiger partial charge in [-0.05, 0) is 0 Å². The van der Waals surface area contributed by atoms with Gasteiger partial charge in [-0.3, -0.25) is 0 Å². The molecule has 0 aliphatic rings. The minimum absolute atomic E-state index is 0.0885. The molecule has 2 amide bonds. The number of rotatable bonds is 8. The van der Waals surface area contributed by atoms with Crippen LogP contribution in [-0.2, 0) is 9.59 Å². The molecule has 89 valence electrons. The van der Waals surface area contributed by atoms with Crippen molar-refractivity contribution in [2.75, 3.05) is 6.54 Å². The second-order valence-corrected chi connectivity index (χ2v) is 7.82. The fraction of sp³-hybridized carbons (Fsp3) is 0.600. The van der Waals surface area contributed by atoms with Crippen molar-refractivity contribution in [1.29, 1.82) is 0 Å². The van der Waals surface area contributed by atoms with Gasteiger partial charge in [0.2, 0.25) is 0 Å². The van der Waals surface area contributed by atoms with Crippen LogP contribution in [0.4, 0.5) is 0 Å². The van der Waals surface area contributed by atoms with Crippen LogP contribution in [0.15, 0.2) is 12.2 Å². The fourth-order valence-corrected chi connectivity index (χ4v) is 3.44. The third-order valence-corrected chi connectivity index (χ3v) is 4.49. The Morgan fingerprint density at radius 2 is 2.00 bits per heavy atom. The van der Waals surface area contributed by atoms with E-state index >= 15 is 0 Å². The molecule has 0 heterocycles. The molecule has 0 spiro atoms. The van der Waals surface area contributed by atoms with E-state index in [1.807, 2.05) is 0 Å². The number of nitrogens with one attached hydrogen (secondary N) is 2. The van der Waals surface area contributed by atoms with Gasteiger partial charge in [0, 0.05) is 0 Å². The number of unbranched alkanes of at least 4 members (excludes halogenated alkanes) is 2. The topological polar surface area (TPSA) is 58.2 Å². The molecule has 2 N–H and O–H groups in total. The van der Waals surface area contributed by atoms with Crippen molar-refractivity contribution in [1.82, 2.24) is 9.34 Å². The van der Waals surface area contributed by atoms with E-state index in [2.05, 4.69) is 35.6 Å². The number of carbonyl (C=O) groups is 2. The first-order chi connectivity index (χ1) is 7.57. The molecule has 0 saturated carbocycles. The third-order valence-electron chi connectivity index (χ3n) is 1.97. The maximum atomic E-state index is 11.1. The second-order valence-electron chi connectivity index (χ2n) is 3.52. The van der Waals surface area contributed by atoms with Gasteiger partial charge in [0.1, 0.15) is 0 Å². The molecule has 0 saturated heterocycles. The van der Waals surface area contributed by atoms with E-state index in [9.17, 15) is 9.59 Å². The number of carbonyl (C=O) groups excluding carboxylic acids is 2. The Bertz CT molecular complexity index is 259. The van der Waals surface area contributed by atoms with Crippen molar-refractivity contribution < 1.29 is 9.59 Å². The summed E-state index contributed by atoms with van der Waals surface area (Å²) < 4.78 is 2.89. The molecule has 0 aliphatic heterocycles. The fourth-order valence-electron chi connectivity index (χ4n) is 1.07. The SMILES string of the molecule is C=C(C)C(=O)NCCCCCC(=O)[NH][Ga][I]. The molecule has 0 atom stereocenters. The molecule has 0 aliphatic carbocycles. The van der Waals surface area contributed by atoms with Crippen LogP contribution in [-0.4, -0.2) is 32.5 Å². The molecular formula is C10H17GaIN2O2. The van der Waals surface area contributed by atoms with Crippen LogP contribution in [0.5, 0.6) is 0 Å². The van der Waals surface area contributed by atoms with Crippen molar-refractivity contribution in [2.45, 2.75) is 32.6 Å². The number of hydrogen-bond acceptors (Lipinski definition) is 2. The average molecular weight is 394 g/mol. The summed E-state index contributed by atoms with van der Waals surface area (Å²) in [5.41, 5.74) is 0.534. The van der Waals surface area contributed by atoms with E-state index in [4.69, 9.17) is 0 Å². The van der Waals surface area contributed by atoms with Gasteiger partial charge in [-0.25, -0.2) is 0 Å². The molecular weight excluding hydrogens is 377 g/mol. The van der Waals surface area contributed by atoms with Gasteiger partial charge in [0.15, 0.2) is 0 Å². The van der Waals surface area contributed by atoms with Crippen LogP contribution in [0.3, 0.4) is 0 Å². The molecule has 0 aromatic carbocycles. The van der Waals surface area contributed by atoms with Crippen molar-refractivity contribution in [3.8, 4) is 0 Å². The first-order valence-corrected chi connectivity index (χ1v) is 13.8. The Kier molecular flexibility index (Phi) is 10.2.